The van der Waals surface area contributed by atoms with Crippen LogP contribution in [0.2, 0.25) is 0 Å². The summed E-state index contributed by atoms with van der Waals surface area (Å²) < 4.78 is 30.1. The fraction of sp³-hybridized carbons (Fsp3) is 0.176. The summed E-state index contributed by atoms with van der Waals surface area (Å²) in [5.41, 5.74) is 0.726. The molecule has 0 spiro atoms. The van der Waals surface area contributed by atoms with E-state index in [4.69, 9.17) is 14.2 Å². The standard InChI is InChI=1S/C17H13FN2O4S/c18-10-1-3-11(4-2-10)24-9-16(21)20-17-19-12-7-13-14(8-15(12)25-17)23-6-5-22-13/h1-4,7-8H,5-6,9H2,(H,19,20,21). The molecule has 0 saturated carbocycles. The van der Waals surface area contributed by atoms with Gasteiger partial charge in [-0.2, -0.15) is 0 Å². The van der Waals surface area contributed by atoms with Gasteiger partial charge < -0.3 is 14.2 Å². The van der Waals surface area contributed by atoms with E-state index in [0.717, 1.165) is 10.2 Å². The average molecular weight is 360 g/mol. The summed E-state index contributed by atoms with van der Waals surface area (Å²) in [6.45, 7) is 0.832. The molecule has 1 amide bonds. The second-order valence-corrected chi connectivity index (χ2v) is 6.30. The molecule has 3 aromatic rings. The zero-order chi connectivity index (χ0) is 17.2. The Labute approximate surface area is 146 Å². The number of carbonyl (C=O) groups is 1. The van der Waals surface area contributed by atoms with Gasteiger partial charge in [-0.1, -0.05) is 11.3 Å². The van der Waals surface area contributed by atoms with Gasteiger partial charge in [0.15, 0.2) is 23.2 Å². The molecule has 0 radical (unpaired) electrons. The first kappa shape index (κ1) is 15.6. The number of thiazole rings is 1. The molecule has 0 saturated heterocycles. The Balaban J connectivity index is 1.43. The Morgan fingerprint density at radius 2 is 1.92 bits per heavy atom. The quantitative estimate of drug-likeness (QED) is 0.774. The van der Waals surface area contributed by atoms with Crippen molar-refractivity contribution in [2.75, 3.05) is 25.1 Å². The summed E-state index contributed by atoms with van der Waals surface area (Å²) in [4.78, 5) is 16.4. The van der Waals surface area contributed by atoms with E-state index in [0.29, 0.717) is 35.6 Å². The van der Waals surface area contributed by atoms with Crippen LogP contribution >= 0.6 is 11.3 Å². The van der Waals surface area contributed by atoms with Gasteiger partial charge in [0.25, 0.3) is 5.91 Å². The number of hydrogen-bond donors (Lipinski definition) is 1. The number of aromatic nitrogens is 1. The second kappa shape index (κ2) is 6.56. The lowest BCUT2D eigenvalue weighted by Gasteiger charge is -2.17. The van der Waals surface area contributed by atoms with Gasteiger partial charge >= 0.3 is 0 Å². The van der Waals surface area contributed by atoms with Crippen molar-refractivity contribution in [3.8, 4) is 17.2 Å². The summed E-state index contributed by atoms with van der Waals surface area (Å²) in [7, 11) is 0. The third-order valence-corrected chi connectivity index (χ3v) is 4.42. The Kier molecular flexibility index (Phi) is 4.10. The first-order chi connectivity index (χ1) is 12.2. The normalized spacial score (nSPS) is 12.8. The van der Waals surface area contributed by atoms with Crippen molar-refractivity contribution in [1.29, 1.82) is 0 Å². The molecule has 1 aliphatic heterocycles. The topological polar surface area (TPSA) is 69.7 Å². The predicted molar refractivity (Wildman–Crippen MR) is 91.1 cm³/mol. The van der Waals surface area contributed by atoms with Crippen LogP contribution in [0.1, 0.15) is 0 Å². The van der Waals surface area contributed by atoms with Crippen LogP contribution in [0.3, 0.4) is 0 Å². The number of benzene rings is 2. The summed E-state index contributed by atoms with van der Waals surface area (Å²) in [6, 6.07) is 9.12. The lowest BCUT2D eigenvalue weighted by Crippen LogP contribution is -2.19. The smallest absolute Gasteiger partial charge is 0.264 e. The number of ether oxygens (including phenoxy) is 3. The highest BCUT2D eigenvalue weighted by Gasteiger charge is 2.16. The van der Waals surface area contributed by atoms with Gasteiger partial charge in [0.1, 0.15) is 24.8 Å². The summed E-state index contributed by atoms with van der Waals surface area (Å²) in [6.07, 6.45) is 0. The molecule has 0 bridgehead atoms. The summed E-state index contributed by atoms with van der Waals surface area (Å²) in [5, 5.41) is 3.15. The number of amides is 1. The minimum Gasteiger partial charge on any atom is -0.486 e. The minimum atomic E-state index is -0.359. The van der Waals surface area contributed by atoms with Gasteiger partial charge in [-0.05, 0) is 24.3 Å². The zero-order valence-electron chi connectivity index (χ0n) is 13.0. The molecular formula is C17H13FN2O4S. The molecule has 4 rings (SSSR count). The van der Waals surface area contributed by atoms with Crippen LogP contribution in [0.15, 0.2) is 36.4 Å². The van der Waals surface area contributed by atoms with Crippen LogP contribution in [-0.2, 0) is 4.79 Å². The SMILES string of the molecule is O=C(COc1ccc(F)cc1)Nc1nc2cc3c(cc2s1)OCCO3. The van der Waals surface area contributed by atoms with Gasteiger partial charge in [0.2, 0.25) is 0 Å². The van der Waals surface area contributed by atoms with Crippen molar-refractivity contribution in [2.45, 2.75) is 0 Å². The van der Waals surface area contributed by atoms with E-state index in [1.807, 2.05) is 6.07 Å². The van der Waals surface area contributed by atoms with Crippen LogP contribution in [-0.4, -0.2) is 30.7 Å². The Morgan fingerprint density at radius 1 is 1.20 bits per heavy atom. The van der Waals surface area contributed by atoms with Crippen molar-refractivity contribution in [2.24, 2.45) is 0 Å². The summed E-state index contributed by atoms with van der Waals surface area (Å²) in [5.74, 6) is 1.05. The number of hydrogen-bond acceptors (Lipinski definition) is 6. The van der Waals surface area contributed by atoms with E-state index in [9.17, 15) is 9.18 Å². The molecule has 2 heterocycles. The van der Waals surface area contributed by atoms with Crippen molar-refractivity contribution >= 4 is 32.6 Å². The van der Waals surface area contributed by atoms with Crippen LogP contribution in [0.25, 0.3) is 10.2 Å². The molecule has 25 heavy (non-hydrogen) atoms. The Hall–Kier alpha value is -2.87. The monoisotopic (exact) mass is 360 g/mol. The molecule has 0 aliphatic carbocycles. The van der Waals surface area contributed by atoms with Crippen LogP contribution in [0.5, 0.6) is 17.2 Å². The van der Waals surface area contributed by atoms with E-state index in [1.54, 1.807) is 6.07 Å². The molecule has 2 aromatic carbocycles. The van der Waals surface area contributed by atoms with Crippen LogP contribution in [0.4, 0.5) is 9.52 Å². The fourth-order valence-corrected chi connectivity index (χ4v) is 3.25. The molecule has 0 fully saturated rings. The van der Waals surface area contributed by atoms with Gasteiger partial charge in [-0.25, -0.2) is 9.37 Å². The molecule has 0 unspecified atom stereocenters. The van der Waals surface area contributed by atoms with Gasteiger partial charge in [0.05, 0.1) is 10.2 Å². The zero-order valence-corrected chi connectivity index (χ0v) is 13.8. The van der Waals surface area contributed by atoms with Gasteiger partial charge in [-0.15, -0.1) is 0 Å². The first-order valence-electron chi connectivity index (χ1n) is 7.56. The summed E-state index contributed by atoms with van der Waals surface area (Å²) >= 11 is 1.34. The fourth-order valence-electron chi connectivity index (χ4n) is 2.35. The van der Waals surface area contributed by atoms with E-state index < -0.39 is 0 Å². The van der Waals surface area contributed by atoms with Crippen molar-refractivity contribution in [3.63, 3.8) is 0 Å². The molecule has 8 heteroatoms. The number of nitrogens with zero attached hydrogens (tertiary/aromatic N) is 1. The number of anilines is 1. The van der Waals surface area contributed by atoms with Crippen molar-refractivity contribution in [3.05, 3.63) is 42.2 Å². The van der Waals surface area contributed by atoms with E-state index in [2.05, 4.69) is 10.3 Å². The highest BCUT2D eigenvalue weighted by Crippen LogP contribution is 2.37. The third kappa shape index (κ3) is 3.48. The van der Waals surface area contributed by atoms with Gasteiger partial charge in [0, 0.05) is 12.1 Å². The molecule has 0 atom stereocenters. The first-order valence-corrected chi connectivity index (χ1v) is 8.37. The molecule has 1 N–H and O–H groups in total. The highest BCUT2D eigenvalue weighted by molar-refractivity contribution is 7.22. The van der Waals surface area contributed by atoms with Crippen molar-refractivity contribution in [1.82, 2.24) is 4.98 Å². The van der Waals surface area contributed by atoms with Crippen LogP contribution < -0.4 is 19.5 Å². The Morgan fingerprint density at radius 3 is 2.68 bits per heavy atom. The van der Waals surface area contributed by atoms with Crippen molar-refractivity contribution < 1.29 is 23.4 Å². The number of nitrogens with one attached hydrogen (secondary N) is 1. The van der Waals surface area contributed by atoms with Gasteiger partial charge in [-0.3, -0.25) is 10.1 Å². The lowest BCUT2D eigenvalue weighted by atomic mass is 10.3. The second-order valence-electron chi connectivity index (χ2n) is 5.27. The maximum Gasteiger partial charge on any atom is 0.264 e. The van der Waals surface area contributed by atoms with Crippen LogP contribution in [0, 0.1) is 5.82 Å². The molecule has 6 nitrogen and oxygen atoms in total. The molecular weight excluding hydrogens is 347 g/mol. The molecule has 1 aromatic heterocycles. The highest BCUT2D eigenvalue weighted by atomic mass is 32.1. The number of carbonyl (C=O) groups excluding carboxylic acids is 1. The third-order valence-electron chi connectivity index (χ3n) is 3.48. The van der Waals surface area contributed by atoms with E-state index in [1.165, 1.54) is 35.6 Å². The predicted octanol–water partition coefficient (Wildman–Crippen LogP) is 3.22. The number of fused-ring (bicyclic) bond motifs is 2. The number of halogens is 1. The molecule has 1 aliphatic rings. The van der Waals surface area contributed by atoms with E-state index >= 15 is 0 Å². The largest absolute Gasteiger partial charge is 0.486 e. The maximum absolute atomic E-state index is 12.8. The Bertz CT molecular complexity index is 883. The molecule has 128 valence electrons. The maximum atomic E-state index is 12.8. The van der Waals surface area contributed by atoms with E-state index in [-0.39, 0.29) is 18.3 Å². The average Bonchev–Trinajstić information content (AvgIpc) is 3.00. The minimum absolute atomic E-state index is 0.190. The number of rotatable bonds is 4. The lowest BCUT2D eigenvalue weighted by molar-refractivity contribution is -0.118.